The van der Waals surface area contributed by atoms with E-state index in [4.69, 9.17) is 38.9 Å². The van der Waals surface area contributed by atoms with Crippen molar-refractivity contribution in [2.75, 3.05) is 0 Å². The number of amides is 3. The van der Waals surface area contributed by atoms with Crippen LogP contribution in [0.4, 0.5) is 4.79 Å². The number of nitriles is 1. The molecule has 0 aromatic heterocycles. The highest BCUT2D eigenvalue weighted by Crippen LogP contribution is 2.35. The predicted octanol–water partition coefficient (Wildman–Crippen LogP) is 4.44. The van der Waals surface area contributed by atoms with E-state index >= 15 is 0 Å². The molecule has 0 atom stereocenters. The number of hydrogen-bond acceptors (Lipinski definition) is 4. The van der Waals surface area contributed by atoms with Crippen molar-refractivity contribution in [2.45, 2.75) is 6.61 Å². The van der Waals surface area contributed by atoms with Gasteiger partial charge in [-0.05, 0) is 57.4 Å². The fourth-order valence-electron chi connectivity index (χ4n) is 2.03. The lowest BCUT2D eigenvalue weighted by Crippen LogP contribution is -2.35. The van der Waals surface area contributed by atoms with Crippen LogP contribution in [0, 0.1) is 11.3 Å². The van der Waals surface area contributed by atoms with E-state index in [-0.39, 0.29) is 17.2 Å². The average molecular weight is 469 g/mol. The molecule has 3 N–H and O–H groups in total. The number of rotatable bonds is 5. The first-order chi connectivity index (χ1) is 12.8. The molecule has 3 amide bonds. The van der Waals surface area contributed by atoms with Crippen molar-refractivity contribution < 1.29 is 14.3 Å². The van der Waals surface area contributed by atoms with Gasteiger partial charge in [0, 0.05) is 5.02 Å². The first-order valence-corrected chi connectivity index (χ1v) is 8.94. The lowest BCUT2D eigenvalue weighted by atomic mass is 10.1. The highest BCUT2D eigenvalue weighted by Gasteiger charge is 2.13. The normalized spacial score (nSPS) is 10.8. The molecule has 0 saturated heterocycles. The molecule has 0 spiro atoms. The van der Waals surface area contributed by atoms with Gasteiger partial charge in [0.25, 0.3) is 5.91 Å². The van der Waals surface area contributed by atoms with Crippen LogP contribution in [0.25, 0.3) is 6.08 Å². The van der Waals surface area contributed by atoms with E-state index in [9.17, 15) is 9.59 Å². The molecule has 2 aromatic rings. The number of hydrogen-bond donors (Lipinski definition) is 2. The third-order valence-electron chi connectivity index (χ3n) is 3.23. The van der Waals surface area contributed by atoms with Crippen LogP contribution >= 0.6 is 39.1 Å². The van der Waals surface area contributed by atoms with Crippen molar-refractivity contribution in [2.24, 2.45) is 5.73 Å². The Balaban J connectivity index is 2.21. The quantitative estimate of drug-likeness (QED) is 0.499. The molecular formula is C18H12BrCl2N3O3. The third-order valence-corrected chi connectivity index (χ3v) is 4.35. The minimum atomic E-state index is -1.05. The number of primary amides is 1. The van der Waals surface area contributed by atoms with Gasteiger partial charge >= 0.3 is 6.03 Å². The molecule has 9 heteroatoms. The molecule has 0 saturated carbocycles. The summed E-state index contributed by atoms with van der Waals surface area (Å²) in [4.78, 5) is 22.5. The average Bonchev–Trinajstić information content (AvgIpc) is 2.59. The lowest BCUT2D eigenvalue weighted by molar-refractivity contribution is -0.115. The van der Waals surface area contributed by atoms with E-state index in [0.29, 0.717) is 20.8 Å². The Labute approximate surface area is 173 Å². The number of carbonyl (C=O) groups excluding carboxylic acids is 2. The van der Waals surface area contributed by atoms with E-state index < -0.39 is 11.9 Å². The molecule has 0 aliphatic rings. The van der Waals surface area contributed by atoms with Crippen LogP contribution in [0.2, 0.25) is 10.0 Å². The molecule has 27 heavy (non-hydrogen) atoms. The standard InChI is InChI=1S/C18H12BrCl2N3O3/c19-14-6-11(5-12(8-22)17(25)24-18(23)26)7-15(21)16(14)27-9-10-1-3-13(20)4-2-10/h1-7H,9H2,(H3,23,24,25,26)/b12-5-. The maximum Gasteiger partial charge on any atom is 0.319 e. The molecule has 138 valence electrons. The van der Waals surface area contributed by atoms with Crippen LogP contribution in [0.1, 0.15) is 11.1 Å². The highest BCUT2D eigenvalue weighted by atomic mass is 79.9. The highest BCUT2D eigenvalue weighted by molar-refractivity contribution is 9.10. The monoisotopic (exact) mass is 467 g/mol. The van der Waals surface area contributed by atoms with Gasteiger partial charge in [0.1, 0.15) is 18.2 Å². The summed E-state index contributed by atoms with van der Waals surface area (Å²) in [7, 11) is 0. The second-order valence-electron chi connectivity index (χ2n) is 5.22. The van der Waals surface area contributed by atoms with Crippen LogP contribution in [-0.4, -0.2) is 11.9 Å². The third kappa shape index (κ3) is 6.00. The first-order valence-electron chi connectivity index (χ1n) is 7.39. The zero-order valence-electron chi connectivity index (χ0n) is 13.6. The van der Waals surface area contributed by atoms with Gasteiger partial charge in [-0.1, -0.05) is 35.3 Å². The van der Waals surface area contributed by atoms with Crippen LogP contribution < -0.4 is 15.8 Å². The summed E-state index contributed by atoms with van der Waals surface area (Å²) in [5.74, 6) is -0.496. The van der Waals surface area contributed by atoms with Crippen LogP contribution in [-0.2, 0) is 11.4 Å². The Bertz CT molecular complexity index is 930. The minimum absolute atomic E-state index is 0.273. The van der Waals surface area contributed by atoms with Crippen molar-refractivity contribution in [3.63, 3.8) is 0 Å². The molecule has 2 rings (SSSR count). The van der Waals surface area contributed by atoms with Crippen molar-refractivity contribution in [1.82, 2.24) is 5.32 Å². The fraction of sp³-hybridized carbons (Fsp3) is 0.0556. The molecule has 0 aliphatic carbocycles. The lowest BCUT2D eigenvalue weighted by Gasteiger charge is -2.11. The Morgan fingerprint density at radius 2 is 1.93 bits per heavy atom. The zero-order valence-corrected chi connectivity index (χ0v) is 16.7. The Kier molecular flexibility index (Phi) is 7.25. The summed E-state index contributed by atoms with van der Waals surface area (Å²) in [6.07, 6.45) is 1.28. The van der Waals surface area contributed by atoms with Gasteiger partial charge in [-0.2, -0.15) is 5.26 Å². The van der Waals surface area contributed by atoms with Crippen LogP contribution in [0.15, 0.2) is 46.4 Å². The Morgan fingerprint density at radius 1 is 1.26 bits per heavy atom. The molecule has 2 aromatic carbocycles. The summed E-state index contributed by atoms with van der Waals surface area (Å²) in [6, 6.07) is 11.0. The topological polar surface area (TPSA) is 105 Å². The summed E-state index contributed by atoms with van der Waals surface area (Å²) >= 11 is 15.5. The molecular weight excluding hydrogens is 457 g/mol. The fourth-order valence-corrected chi connectivity index (χ4v) is 3.15. The Hall–Kier alpha value is -2.53. The SMILES string of the molecule is N#C/C(=C/c1cc(Cl)c(OCc2ccc(Cl)cc2)c(Br)c1)C(=O)NC(N)=O. The van der Waals surface area contributed by atoms with Crippen LogP contribution in [0.5, 0.6) is 5.75 Å². The number of urea groups is 1. The number of benzene rings is 2. The maximum absolute atomic E-state index is 11.7. The van der Waals surface area contributed by atoms with Gasteiger partial charge in [0.05, 0.1) is 9.50 Å². The second-order valence-corrected chi connectivity index (χ2v) is 6.91. The van der Waals surface area contributed by atoms with E-state index in [2.05, 4.69) is 15.9 Å². The minimum Gasteiger partial charge on any atom is -0.486 e. The number of imide groups is 1. The molecule has 0 bridgehead atoms. The molecule has 6 nitrogen and oxygen atoms in total. The van der Waals surface area contributed by atoms with Crippen molar-refractivity contribution in [3.05, 3.63) is 67.6 Å². The zero-order chi connectivity index (χ0) is 20.0. The van der Waals surface area contributed by atoms with E-state index in [0.717, 1.165) is 5.56 Å². The molecule has 0 unspecified atom stereocenters. The Morgan fingerprint density at radius 3 is 2.48 bits per heavy atom. The molecule has 0 heterocycles. The van der Waals surface area contributed by atoms with Gasteiger partial charge in [0.15, 0.2) is 5.75 Å². The number of nitrogens with two attached hydrogens (primary N) is 1. The summed E-state index contributed by atoms with van der Waals surface area (Å²) in [6.45, 7) is 0.273. The van der Waals surface area contributed by atoms with Crippen LogP contribution in [0.3, 0.4) is 0 Å². The van der Waals surface area contributed by atoms with Gasteiger partial charge < -0.3 is 10.5 Å². The summed E-state index contributed by atoms with van der Waals surface area (Å²) < 4.78 is 6.26. The molecule has 0 fully saturated rings. The number of nitrogens with zero attached hydrogens (tertiary/aromatic N) is 1. The first kappa shape index (κ1) is 20.8. The van der Waals surface area contributed by atoms with Gasteiger partial charge in [-0.3, -0.25) is 10.1 Å². The van der Waals surface area contributed by atoms with Gasteiger partial charge in [0.2, 0.25) is 0 Å². The molecule has 0 radical (unpaired) electrons. The largest absolute Gasteiger partial charge is 0.486 e. The van der Waals surface area contributed by atoms with Crippen molar-refractivity contribution in [1.29, 1.82) is 5.26 Å². The van der Waals surface area contributed by atoms with E-state index in [1.54, 1.807) is 24.3 Å². The second kappa shape index (κ2) is 9.42. The van der Waals surface area contributed by atoms with Gasteiger partial charge in [-0.25, -0.2) is 4.79 Å². The maximum atomic E-state index is 11.7. The predicted molar refractivity (Wildman–Crippen MR) is 106 cm³/mol. The van der Waals surface area contributed by atoms with E-state index in [1.807, 2.05) is 17.4 Å². The number of halogens is 3. The number of carbonyl (C=O) groups is 2. The summed E-state index contributed by atoms with van der Waals surface area (Å²) in [5.41, 5.74) is 5.94. The summed E-state index contributed by atoms with van der Waals surface area (Å²) in [5, 5.41) is 11.8. The van der Waals surface area contributed by atoms with Gasteiger partial charge in [-0.15, -0.1) is 0 Å². The molecule has 0 aliphatic heterocycles. The number of ether oxygens (including phenoxy) is 1. The van der Waals surface area contributed by atoms with E-state index in [1.165, 1.54) is 12.1 Å². The smallest absolute Gasteiger partial charge is 0.319 e. The number of nitrogens with one attached hydrogen (secondary N) is 1. The van der Waals surface area contributed by atoms with Crippen molar-refractivity contribution in [3.8, 4) is 11.8 Å². The van der Waals surface area contributed by atoms with Crippen molar-refractivity contribution >= 4 is 57.1 Å².